The standard InChI is InChI=1S/C44H48ClN7O7/c1-42(2)40(43(3,4)41(42)59-30-12-8-27(22-46)33(45)21-30)48-36(54)26-6-9-28(10-7-26)50-18-16-49(17-19-50)23-44(58-5)24-51(25-44)29-11-13-31-32(20-29)39(57)52(38(31)56)34-14-15-35(53)47-37(34)55/h6-13,20-21,34,40-41H,14-19,23-25H2,1-5H3,(H,48,54)(H,47,53,55)/t34?,40-,41-. The van der Waals surface area contributed by atoms with Crippen molar-refractivity contribution in [2.45, 2.75) is 64.3 Å². The number of benzene rings is 3. The number of carbonyl (C=O) groups is 5. The van der Waals surface area contributed by atoms with E-state index in [0.717, 1.165) is 49.0 Å². The summed E-state index contributed by atoms with van der Waals surface area (Å²) in [5.41, 5.74) is 2.21. The summed E-state index contributed by atoms with van der Waals surface area (Å²) >= 11 is 6.25. The topological polar surface area (TPSA) is 165 Å². The lowest BCUT2D eigenvalue weighted by Gasteiger charge is -2.63. The Morgan fingerprint density at radius 2 is 1.54 bits per heavy atom. The molecule has 14 nitrogen and oxygen atoms in total. The van der Waals surface area contributed by atoms with E-state index in [0.29, 0.717) is 35.0 Å². The smallest absolute Gasteiger partial charge is 0.262 e. The number of imide groups is 2. The highest BCUT2D eigenvalue weighted by molar-refractivity contribution is 6.31. The third kappa shape index (κ3) is 7.08. The van der Waals surface area contributed by atoms with Crippen molar-refractivity contribution in [3.63, 3.8) is 0 Å². The monoisotopic (exact) mass is 821 g/mol. The summed E-state index contributed by atoms with van der Waals surface area (Å²) in [6.45, 7) is 13.6. The zero-order chi connectivity index (χ0) is 42.0. The van der Waals surface area contributed by atoms with E-state index >= 15 is 0 Å². The average molecular weight is 822 g/mol. The van der Waals surface area contributed by atoms with Gasteiger partial charge in [-0.15, -0.1) is 0 Å². The molecule has 0 radical (unpaired) electrons. The summed E-state index contributed by atoms with van der Waals surface area (Å²) < 4.78 is 12.5. The molecule has 0 bridgehead atoms. The van der Waals surface area contributed by atoms with Gasteiger partial charge in [0.05, 0.1) is 34.8 Å². The Hall–Kier alpha value is -5.49. The van der Waals surface area contributed by atoms with Crippen LogP contribution in [-0.2, 0) is 14.3 Å². The van der Waals surface area contributed by atoms with Crippen molar-refractivity contribution in [2.24, 2.45) is 10.8 Å². The van der Waals surface area contributed by atoms with Crippen LogP contribution in [0.1, 0.15) is 77.2 Å². The second-order valence-electron chi connectivity index (χ2n) is 17.5. The van der Waals surface area contributed by atoms with Crippen molar-refractivity contribution >= 4 is 52.5 Å². The summed E-state index contributed by atoms with van der Waals surface area (Å²) in [5, 5.41) is 15.1. The Morgan fingerprint density at radius 3 is 2.17 bits per heavy atom. The maximum Gasteiger partial charge on any atom is 0.262 e. The quantitative estimate of drug-likeness (QED) is 0.281. The first-order valence-electron chi connectivity index (χ1n) is 20.0. The SMILES string of the molecule is COC1(CN2CCN(c3ccc(C(=O)N[C@H]4C(C)(C)[C@H](Oc5ccc(C#N)c(Cl)c5)C4(C)C)cc3)CC2)CN(c2ccc3c(c2)C(=O)N(C2CCC(=O)NC2=O)C3=O)C1. The molecule has 3 saturated heterocycles. The summed E-state index contributed by atoms with van der Waals surface area (Å²) in [6, 6.07) is 18.9. The second-order valence-corrected chi connectivity index (χ2v) is 17.9. The molecule has 5 aliphatic rings. The first-order chi connectivity index (χ1) is 28.0. The van der Waals surface area contributed by atoms with E-state index in [1.54, 1.807) is 37.4 Å². The number of nitriles is 1. The summed E-state index contributed by atoms with van der Waals surface area (Å²) in [4.78, 5) is 72.0. The zero-order valence-corrected chi connectivity index (χ0v) is 34.6. The Bertz CT molecular complexity index is 2260. The molecule has 0 aromatic heterocycles. The van der Waals surface area contributed by atoms with Crippen molar-refractivity contribution in [2.75, 3.05) is 62.7 Å². The molecule has 8 rings (SSSR count). The molecule has 308 valence electrons. The number of anilines is 2. The molecule has 1 atom stereocenters. The molecular formula is C44H48ClN7O7. The molecule has 15 heteroatoms. The number of hydrogen-bond acceptors (Lipinski definition) is 11. The summed E-state index contributed by atoms with van der Waals surface area (Å²) in [6.07, 6.45) is -0.0107. The highest BCUT2D eigenvalue weighted by Gasteiger charge is 2.64. The van der Waals surface area contributed by atoms with E-state index in [9.17, 15) is 29.2 Å². The van der Waals surface area contributed by atoms with Gasteiger partial charge in [0.15, 0.2) is 0 Å². The number of amides is 5. The molecule has 4 aliphatic heterocycles. The van der Waals surface area contributed by atoms with Gasteiger partial charge < -0.3 is 24.6 Å². The van der Waals surface area contributed by atoms with Crippen molar-refractivity contribution in [1.82, 2.24) is 20.4 Å². The number of hydrogen-bond donors (Lipinski definition) is 2. The van der Waals surface area contributed by atoms with Crippen molar-refractivity contribution in [3.8, 4) is 11.8 Å². The van der Waals surface area contributed by atoms with Gasteiger partial charge in [-0.1, -0.05) is 39.3 Å². The van der Waals surface area contributed by atoms with E-state index in [4.69, 9.17) is 21.1 Å². The fraction of sp³-hybridized carbons (Fsp3) is 0.455. The summed E-state index contributed by atoms with van der Waals surface area (Å²) in [5.74, 6) is -1.63. The minimum absolute atomic E-state index is 0.0719. The molecule has 1 unspecified atom stereocenters. The zero-order valence-electron chi connectivity index (χ0n) is 33.8. The fourth-order valence-electron chi connectivity index (χ4n) is 9.99. The number of piperazine rings is 1. The normalized spacial score (nSPS) is 24.4. The van der Waals surface area contributed by atoms with Crippen molar-refractivity contribution in [3.05, 3.63) is 87.9 Å². The largest absolute Gasteiger partial charge is 0.489 e. The number of nitrogens with one attached hydrogen (secondary N) is 2. The van der Waals surface area contributed by atoms with Crippen LogP contribution in [0.25, 0.3) is 0 Å². The van der Waals surface area contributed by atoms with Gasteiger partial charge in [0.25, 0.3) is 17.7 Å². The van der Waals surface area contributed by atoms with Crippen molar-refractivity contribution < 1.29 is 33.4 Å². The third-order valence-corrected chi connectivity index (χ3v) is 13.3. The average Bonchev–Trinajstić information content (AvgIpc) is 3.45. The Morgan fingerprint density at radius 1 is 0.881 bits per heavy atom. The van der Waals surface area contributed by atoms with Gasteiger partial charge in [-0.2, -0.15) is 5.26 Å². The van der Waals surface area contributed by atoms with Crippen LogP contribution < -0.4 is 25.2 Å². The lowest BCUT2D eigenvalue weighted by Crippen LogP contribution is -2.74. The van der Waals surface area contributed by atoms with Crippen LogP contribution in [-0.4, -0.2) is 116 Å². The third-order valence-electron chi connectivity index (χ3n) is 13.0. The number of piperidine rings is 1. The number of fused-ring (bicyclic) bond motifs is 1. The predicted molar refractivity (Wildman–Crippen MR) is 220 cm³/mol. The molecule has 2 N–H and O–H groups in total. The number of nitrogens with zero attached hydrogens (tertiary/aromatic N) is 5. The van der Waals surface area contributed by atoms with Crippen LogP contribution in [0.15, 0.2) is 60.7 Å². The molecular weight excluding hydrogens is 774 g/mol. The molecule has 59 heavy (non-hydrogen) atoms. The number of halogens is 1. The van der Waals surface area contributed by atoms with Gasteiger partial charge in [-0.25, -0.2) is 0 Å². The van der Waals surface area contributed by atoms with Crippen LogP contribution in [0, 0.1) is 22.2 Å². The maximum absolute atomic E-state index is 13.5. The molecule has 4 fully saturated rings. The van der Waals surface area contributed by atoms with Crippen LogP contribution in [0.4, 0.5) is 11.4 Å². The number of carbonyl (C=O) groups excluding carboxylic acids is 5. The molecule has 3 aromatic carbocycles. The van der Waals surface area contributed by atoms with E-state index in [1.165, 1.54) is 0 Å². The van der Waals surface area contributed by atoms with E-state index in [2.05, 4.69) is 59.1 Å². The minimum Gasteiger partial charge on any atom is -0.489 e. The van der Waals surface area contributed by atoms with Gasteiger partial charge in [-0.3, -0.25) is 39.1 Å². The van der Waals surface area contributed by atoms with E-state index in [-0.39, 0.29) is 52.9 Å². The Balaban J connectivity index is 0.822. The first kappa shape index (κ1) is 40.3. The van der Waals surface area contributed by atoms with Crippen LogP contribution in [0.5, 0.6) is 5.75 Å². The summed E-state index contributed by atoms with van der Waals surface area (Å²) in [7, 11) is 1.72. The van der Waals surface area contributed by atoms with E-state index in [1.807, 2.05) is 30.3 Å². The van der Waals surface area contributed by atoms with Gasteiger partial charge in [0.1, 0.15) is 29.6 Å². The Labute approximate surface area is 348 Å². The van der Waals surface area contributed by atoms with Crippen LogP contribution in [0.3, 0.4) is 0 Å². The van der Waals surface area contributed by atoms with Gasteiger partial charge >= 0.3 is 0 Å². The molecule has 5 amide bonds. The van der Waals surface area contributed by atoms with Gasteiger partial charge in [0, 0.05) is 86.1 Å². The van der Waals surface area contributed by atoms with E-state index < -0.39 is 35.3 Å². The lowest BCUT2D eigenvalue weighted by atomic mass is 9.49. The number of ether oxygens (including phenoxy) is 2. The second kappa shape index (κ2) is 15.0. The molecule has 3 aromatic rings. The molecule has 1 saturated carbocycles. The minimum atomic E-state index is -1.00. The van der Waals surface area contributed by atoms with Gasteiger partial charge in [-0.05, 0) is 61.0 Å². The first-order valence-corrected chi connectivity index (χ1v) is 20.3. The molecule has 0 spiro atoms. The molecule has 1 aliphatic carbocycles. The van der Waals surface area contributed by atoms with Crippen LogP contribution >= 0.6 is 11.6 Å². The number of methoxy groups -OCH3 is 1. The fourth-order valence-corrected chi connectivity index (χ4v) is 10.2. The highest BCUT2D eigenvalue weighted by Crippen LogP contribution is 2.55. The molecule has 4 heterocycles. The van der Waals surface area contributed by atoms with Crippen molar-refractivity contribution in [1.29, 1.82) is 5.26 Å². The highest BCUT2D eigenvalue weighted by atomic mass is 35.5. The Kier molecular flexibility index (Phi) is 10.2. The maximum atomic E-state index is 13.5. The van der Waals surface area contributed by atoms with Gasteiger partial charge in [0.2, 0.25) is 11.8 Å². The number of rotatable bonds is 10. The lowest BCUT2D eigenvalue weighted by molar-refractivity contribution is -0.164. The predicted octanol–water partition coefficient (Wildman–Crippen LogP) is 4.25. The van der Waals surface area contributed by atoms with Crippen LogP contribution in [0.2, 0.25) is 5.02 Å².